The lowest BCUT2D eigenvalue weighted by Gasteiger charge is -2.20. The van der Waals surface area contributed by atoms with Gasteiger partial charge in [0, 0.05) is 24.3 Å². The Kier molecular flexibility index (Phi) is 5.26. The first kappa shape index (κ1) is 18.0. The average molecular weight is 352 g/mol. The Morgan fingerprint density at radius 2 is 1.88 bits per heavy atom. The lowest BCUT2D eigenvalue weighted by Crippen LogP contribution is -2.30. The lowest BCUT2D eigenvalue weighted by molar-refractivity contribution is -0.122. The van der Waals surface area contributed by atoms with Crippen molar-refractivity contribution >= 4 is 23.2 Å². The number of nitrogens with one attached hydrogen (secondary N) is 1. The molecule has 2 aromatic rings. The highest BCUT2D eigenvalue weighted by Gasteiger charge is 2.23. The van der Waals surface area contributed by atoms with E-state index in [-0.39, 0.29) is 11.8 Å². The van der Waals surface area contributed by atoms with Crippen molar-refractivity contribution in [3.63, 3.8) is 0 Å². The number of nitrogens with zero attached hydrogens (tertiary/aromatic N) is 1. The molecule has 1 unspecified atom stereocenters. The Morgan fingerprint density at radius 1 is 1.15 bits per heavy atom. The van der Waals surface area contributed by atoms with Gasteiger partial charge in [-0.1, -0.05) is 17.7 Å². The second-order valence-electron chi connectivity index (χ2n) is 6.71. The molecule has 0 aliphatic carbocycles. The number of ether oxygens (including phenoxy) is 1. The van der Waals surface area contributed by atoms with E-state index in [9.17, 15) is 9.59 Å². The molecule has 1 N–H and O–H groups in total. The third-order valence-electron chi connectivity index (χ3n) is 4.53. The van der Waals surface area contributed by atoms with Crippen molar-refractivity contribution in [1.29, 1.82) is 0 Å². The van der Waals surface area contributed by atoms with Crippen LogP contribution in [0.3, 0.4) is 0 Å². The summed E-state index contributed by atoms with van der Waals surface area (Å²) < 4.78 is 5.69. The van der Waals surface area contributed by atoms with E-state index in [2.05, 4.69) is 5.32 Å². The van der Waals surface area contributed by atoms with Gasteiger partial charge in [-0.15, -0.1) is 0 Å². The second kappa shape index (κ2) is 7.60. The van der Waals surface area contributed by atoms with E-state index < -0.39 is 6.10 Å². The zero-order valence-corrected chi connectivity index (χ0v) is 15.4. The van der Waals surface area contributed by atoms with Gasteiger partial charge in [-0.25, -0.2) is 0 Å². The summed E-state index contributed by atoms with van der Waals surface area (Å²) in [6.45, 7) is 6.43. The van der Waals surface area contributed by atoms with Gasteiger partial charge in [0.2, 0.25) is 5.91 Å². The van der Waals surface area contributed by atoms with Crippen molar-refractivity contribution in [3.8, 4) is 5.75 Å². The number of hydrogen-bond donors (Lipinski definition) is 1. The van der Waals surface area contributed by atoms with Crippen LogP contribution in [-0.2, 0) is 9.59 Å². The average Bonchev–Trinajstić information content (AvgIpc) is 3.03. The zero-order chi connectivity index (χ0) is 18.7. The predicted octanol–water partition coefficient (Wildman–Crippen LogP) is 3.84. The summed E-state index contributed by atoms with van der Waals surface area (Å²) in [5.74, 6) is 0.609. The maximum atomic E-state index is 12.4. The molecule has 0 radical (unpaired) electrons. The van der Waals surface area contributed by atoms with E-state index in [1.165, 1.54) is 0 Å². The van der Waals surface area contributed by atoms with E-state index in [0.29, 0.717) is 17.9 Å². The molecular formula is C21H24N2O3. The molecule has 1 fully saturated rings. The lowest BCUT2D eigenvalue weighted by atomic mass is 10.1. The molecular weight excluding hydrogens is 328 g/mol. The van der Waals surface area contributed by atoms with E-state index in [0.717, 1.165) is 29.8 Å². The number of benzene rings is 2. The third-order valence-corrected chi connectivity index (χ3v) is 4.53. The van der Waals surface area contributed by atoms with Crippen molar-refractivity contribution < 1.29 is 14.3 Å². The summed E-state index contributed by atoms with van der Waals surface area (Å²) >= 11 is 0. The van der Waals surface area contributed by atoms with Crippen molar-refractivity contribution in [2.24, 2.45) is 0 Å². The van der Waals surface area contributed by atoms with Crippen molar-refractivity contribution in [2.45, 2.75) is 39.7 Å². The van der Waals surface area contributed by atoms with Crippen LogP contribution in [0, 0.1) is 13.8 Å². The van der Waals surface area contributed by atoms with Gasteiger partial charge in [0.25, 0.3) is 5.91 Å². The Morgan fingerprint density at radius 3 is 2.50 bits per heavy atom. The van der Waals surface area contributed by atoms with Gasteiger partial charge in [0.15, 0.2) is 6.10 Å². The van der Waals surface area contributed by atoms with Crippen molar-refractivity contribution in [1.82, 2.24) is 0 Å². The fourth-order valence-electron chi connectivity index (χ4n) is 3.06. The standard InChI is InChI=1S/C21H24N2O3/c1-14-6-9-18(10-7-14)26-16(3)21(25)22-17-8-11-19(15(2)13-17)23-12-4-5-20(23)24/h6-11,13,16H,4-5,12H2,1-3H3,(H,22,25). The first-order chi connectivity index (χ1) is 12.4. The minimum absolute atomic E-state index is 0.157. The van der Waals surface area contributed by atoms with Crippen LogP contribution >= 0.6 is 0 Å². The summed E-state index contributed by atoms with van der Waals surface area (Å²) in [7, 11) is 0. The van der Waals surface area contributed by atoms with Gasteiger partial charge in [0.1, 0.15) is 5.75 Å². The number of hydrogen-bond acceptors (Lipinski definition) is 3. The molecule has 2 aromatic carbocycles. The summed E-state index contributed by atoms with van der Waals surface area (Å²) in [6.07, 6.45) is 0.883. The Labute approximate surface area is 154 Å². The molecule has 0 saturated carbocycles. The van der Waals surface area contributed by atoms with Crippen LogP contribution in [0.15, 0.2) is 42.5 Å². The van der Waals surface area contributed by atoms with Gasteiger partial charge >= 0.3 is 0 Å². The minimum atomic E-state index is -0.613. The number of anilines is 2. The molecule has 1 aliphatic heterocycles. The number of aryl methyl sites for hydroxylation is 2. The Balaban J connectivity index is 1.64. The molecule has 5 heteroatoms. The number of amides is 2. The molecule has 0 spiro atoms. The van der Waals surface area contributed by atoms with Gasteiger partial charge in [-0.05, 0) is 63.1 Å². The van der Waals surface area contributed by atoms with Crippen LogP contribution in [-0.4, -0.2) is 24.5 Å². The SMILES string of the molecule is Cc1ccc(OC(C)C(=O)Nc2ccc(N3CCCC3=O)c(C)c2)cc1. The second-order valence-corrected chi connectivity index (χ2v) is 6.71. The molecule has 1 heterocycles. The predicted molar refractivity (Wildman–Crippen MR) is 103 cm³/mol. The quantitative estimate of drug-likeness (QED) is 0.889. The summed E-state index contributed by atoms with van der Waals surface area (Å²) in [5.41, 5.74) is 3.71. The molecule has 3 rings (SSSR count). The largest absolute Gasteiger partial charge is 0.481 e. The van der Waals surface area contributed by atoms with Gasteiger partial charge in [-0.3, -0.25) is 9.59 Å². The first-order valence-corrected chi connectivity index (χ1v) is 8.89. The number of carbonyl (C=O) groups is 2. The molecule has 5 nitrogen and oxygen atoms in total. The first-order valence-electron chi connectivity index (χ1n) is 8.89. The van der Waals surface area contributed by atoms with E-state index >= 15 is 0 Å². The summed E-state index contributed by atoms with van der Waals surface area (Å²) in [4.78, 5) is 26.1. The van der Waals surface area contributed by atoms with Crippen LogP contribution in [0.25, 0.3) is 0 Å². The molecule has 1 aliphatic rings. The van der Waals surface area contributed by atoms with Crippen LogP contribution in [0.1, 0.15) is 30.9 Å². The fraction of sp³-hybridized carbons (Fsp3) is 0.333. The Bertz CT molecular complexity index is 815. The molecule has 1 atom stereocenters. The van der Waals surface area contributed by atoms with E-state index in [1.54, 1.807) is 6.92 Å². The summed E-state index contributed by atoms with van der Waals surface area (Å²) in [5, 5.41) is 2.88. The van der Waals surface area contributed by atoms with Crippen LogP contribution in [0.4, 0.5) is 11.4 Å². The van der Waals surface area contributed by atoms with Crippen molar-refractivity contribution in [2.75, 3.05) is 16.8 Å². The van der Waals surface area contributed by atoms with Crippen molar-refractivity contribution in [3.05, 3.63) is 53.6 Å². The number of rotatable bonds is 5. The van der Waals surface area contributed by atoms with E-state index in [4.69, 9.17) is 4.74 Å². The molecule has 26 heavy (non-hydrogen) atoms. The van der Waals surface area contributed by atoms with Gasteiger partial charge < -0.3 is 15.0 Å². The topological polar surface area (TPSA) is 58.6 Å². The maximum absolute atomic E-state index is 12.4. The van der Waals surface area contributed by atoms with Crippen LogP contribution < -0.4 is 15.0 Å². The van der Waals surface area contributed by atoms with Gasteiger partial charge in [0.05, 0.1) is 0 Å². The fourth-order valence-corrected chi connectivity index (χ4v) is 3.06. The molecule has 0 bridgehead atoms. The van der Waals surface area contributed by atoms with Crippen LogP contribution in [0.2, 0.25) is 0 Å². The Hall–Kier alpha value is -2.82. The molecule has 1 saturated heterocycles. The van der Waals surface area contributed by atoms with E-state index in [1.807, 2.05) is 61.2 Å². The molecule has 0 aromatic heterocycles. The maximum Gasteiger partial charge on any atom is 0.265 e. The van der Waals surface area contributed by atoms with Crippen LogP contribution in [0.5, 0.6) is 5.75 Å². The summed E-state index contributed by atoms with van der Waals surface area (Å²) in [6, 6.07) is 13.2. The highest BCUT2D eigenvalue weighted by Crippen LogP contribution is 2.27. The molecule has 136 valence electrons. The molecule has 2 amide bonds. The minimum Gasteiger partial charge on any atom is -0.481 e. The zero-order valence-electron chi connectivity index (χ0n) is 15.4. The number of carbonyl (C=O) groups excluding carboxylic acids is 2. The normalized spacial score (nSPS) is 15.0. The monoisotopic (exact) mass is 352 g/mol. The smallest absolute Gasteiger partial charge is 0.265 e. The highest BCUT2D eigenvalue weighted by atomic mass is 16.5. The van der Waals surface area contributed by atoms with Gasteiger partial charge in [-0.2, -0.15) is 0 Å². The highest BCUT2D eigenvalue weighted by molar-refractivity contribution is 5.97. The third kappa shape index (κ3) is 4.04.